The van der Waals surface area contributed by atoms with E-state index < -0.39 is 4.92 Å². The Labute approximate surface area is 98.2 Å². The van der Waals surface area contributed by atoms with Crippen molar-refractivity contribution in [2.75, 3.05) is 13.1 Å². The number of hydrogen-bond donors (Lipinski definition) is 1. The lowest BCUT2D eigenvalue weighted by atomic mass is 9.93. The number of nitro benzene ring substituents is 1. The normalized spacial score (nSPS) is 15.3. The number of nitro groups is 1. The van der Waals surface area contributed by atoms with Crippen molar-refractivity contribution in [2.24, 2.45) is 0 Å². The summed E-state index contributed by atoms with van der Waals surface area (Å²) in [7, 11) is 0. The Morgan fingerprint density at radius 3 is 2.60 bits per heavy atom. The lowest BCUT2D eigenvalue weighted by Gasteiger charge is -2.27. The molecule has 1 fully saturated rings. The number of rotatable bonds is 2. The highest BCUT2D eigenvalue weighted by Crippen LogP contribution is 2.29. The van der Waals surface area contributed by atoms with E-state index in [1.807, 2.05) is 6.07 Å². The Bertz CT molecular complexity index is 380. The number of nitrogens with zero attached hydrogens (tertiary/aromatic N) is 1. The molecule has 0 bridgehead atoms. The van der Waals surface area contributed by atoms with Gasteiger partial charge in [0.1, 0.15) is 5.02 Å². The zero-order chi connectivity index (χ0) is 10.1. The number of hydrogen-bond acceptors (Lipinski definition) is 3. The van der Waals surface area contributed by atoms with Gasteiger partial charge in [-0.25, -0.2) is 0 Å². The highest BCUT2D eigenvalue weighted by atomic mass is 35.5. The molecule has 1 aliphatic rings. The van der Waals surface area contributed by atoms with Gasteiger partial charge in [0.25, 0.3) is 5.69 Å². The van der Waals surface area contributed by atoms with E-state index in [2.05, 4.69) is 5.32 Å². The van der Waals surface area contributed by atoms with Gasteiger partial charge in [0.15, 0.2) is 0 Å². The van der Waals surface area contributed by atoms with Crippen LogP contribution in [0.5, 0.6) is 0 Å². The van der Waals surface area contributed by atoms with Crippen LogP contribution in [-0.4, -0.2) is 18.0 Å². The average Bonchev–Trinajstić information content (AvgIpc) is 2.04. The summed E-state index contributed by atoms with van der Waals surface area (Å²) in [6, 6.07) is 5.00. The van der Waals surface area contributed by atoms with Crippen LogP contribution in [0.1, 0.15) is 11.5 Å². The molecule has 2 rings (SSSR count). The fraction of sp³-hybridized carbons (Fsp3) is 0.333. The Kier molecular flexibility index (Phi) is 3.90. The molecule has 1 N–H and O–H groups in total. The fourth-order valence-corrected chi connectivity index (χ4v) is 1.63. The van der Waals surface area contributed by atoms with Crippen LogP contribution in [0.25, 0.3) is 0 Å². The molecule has 6 heteroatoms. The molecular formula is C9H10Cl2N2O2. The van der Waals surface area contributed by atoms with Gasteiger partial charge in [-0.05, 0) is 11.6 Å². The highest BCUT2D eigenvalue weighted by Gasteiger charge is 2.22. The summed E-state index contributed by atoms with van der Waals surface area (Å²) in [5.41, 5.74) is 0.982. The second kappa shape index (κ2) is 4.79. The average molecular weight is 249 g/mol. The summed E-state index contributed by atoms with van der Waals surface area (Å²) >= 11 is 5.70. The molecule has 0 saturated carbocycles. The predicted octanol–water partition coefficient (Wildman–Crippen LogP) is 2.36. The van der Waals surface area contributed by atoms with Gasteiger partial charge in [0.05, 0.1) is 4.92 Å². The van der Waals surface area contributed by atoms with Crippen LogP contribution in [0.4, 0.5) is 5.69 Å². The van der Waals surface area contributed by atoms with Gasteiger partial charge in [-0.1, -0.05) is 17.7 Å². The molecule has 15 heavy (non-hydrogen) atoms. The molecule has 0 radical (unpaired) electrons. The van der Waals surface area contributed by atoms with Crippen molar-refractivity contribution >= 4 is 29.7 Å². The zero-order valence-electron chi connectivity index (χ0n) is 7.77. The highest BCUT2D eigenvalue weighted by molar-refractivity contribution is 6.32. The Morgan fingerprint density at radius 1 is 1.47 bits per heavy atom. The van der Waals surface area contributed by atoms with Crippen molar-refractivity contribution in [2.45, 2.75) is 5.92 Å². The Hall–Kier alpha value is -0.840. The Balaban J connectivity index is 0.00000112. The largest absolute Gasteiger partial charge is 0.315 e. The van der Waals surface area contributed by atoms with Gasteiger partial charge in [-0.3, -0.25) is 10.1 Å². The van der Waals surface area contributed by atoms with Gasteiger partial charge in [0.2, 0.25) is 0 Å². The third kappa shape index (κ3) is 2.40. The predicted molar refractivity (Wildman–Crippen MR) is 61.0 cm³/mol. The molecule has 1 aliphatic heterocycles. The van der Waals surface area contributed by atoms with Crippen molar-refractivity contribution in [3.8, 4) is 0 Å². The van der Waals surface area contributed by atoms with Gasteiger partial charge in [0, 0.05) is 25.1 Å². The monoisotopic (exact) mass is 248 g/mol. The second-order valence-electron chi connectivity index (χ2n) is 3.32. The summed E-state index contributed by atoms with van der Waals surface area (Å²) in [5, 5.41) is 13.9. The third-order valence-corrected chi connectivity index (χ3v) is 2.74. The lowest BCUT2D eigenvalue weighted by molar-refractivity contribution is -0.384. The molecule has 1 aromatic rings. The standard InChI is InChI=1S/C9H9ClN2O2.ClH/c10-8-2-1-6(7-4-11-5-7)3-9(8)12(13)14;/h1-3,7,11H,4-5H2;1H. The summed E-state index contributed by atoms with van der Waals surface area (Å²) in [4.78, 5) is 10.2. The summed E-state index contributed by atoms with van der Waals surface area (Å²) < 4.78 is 0. The lowest BCUT2D eigenvalue weighted by Crippen LogP contribution is -2.39. The van der Waals surface area contributed by atoms with Gasteiger partial charge < -0.3 is 5.32 Å². The van der Waals surface area contributed by atoms with E-state index in [4.69, 9.17) is 11.6 Å². The van der Waals surface area contributed by atoms with Gasteiger partial charge in [-0.15, -0.1) is 12.4 Å². The topological polar surface area (TPSA) is 55.2 Å². The number of nitrogens with one attached hydrogen (secondary N) is 1. The van der Waals surface area contributed by atoms with Crippen LogP contribution < -0.4 is 5.32 Å². The molecule has 0 atom stereocenters. The van der Waals surface area contributed by atoms with Crippen LogP contribution >= 0.6 is 24.0 Å². The molecule has 1 saturated heterocycles. The molecule has 4 nitrogen and oxygen atoms in total. The molecule has 1 aromatic carbocycles. The van der Waals surface area contributed by atoms with Crippen LogP contribution in [-0.2, 0) is 0 Å². The first kappa shape index (κ1) is 12.2. The summed E-state index contributed by atoms with van der Waals surface area (Å²) in [6.07, 6.45) is 0. The van der Waals surface area contributed by atoms with Crippen molar-refractivity contribution in [1.29, 1.82) is 0 Å². The second-order valence-corrected chi connectivity index (χ2v) is 3.73. The molecule has 82 valence electrons. The van der Waals surface area contributed by atoms with Crippen molar-refractivity contribution < 1.29 is 4.92 Å². The molecular weight excluding hydrogens is 239 g/mol. The van der Waals surface area contributed by atoms with Crippen LogP contribution in [0, 0.1) is 10.1 Å². The van der Waals surface area contributed by atoms with Crippen LogP contribution in [0.15, 0.2) is 18.2 Å². The minimum absolute atomic E-state index is 0. The quantitative estimate of drug-likeness (QED) is 0.646. The van der Waals surface area contributed by atoms with E-state index in [0.29, 0.717) is 5.92 Å². The molecule has 0 aliphatic carbocycles. The van der Waals surface area contributed by atoms with E-state index in [-0.39, 0.29) is 23.1 Å². The first-order valence-electron chi connectivity index (χ1n) is 4.33. The first-order valence-corrected chi connectivity index (χ1v) is 4.71. The number of benzene rings is 1. The maximum Gasteiger partial charge on any atom is 0.288 e. The van der Waals surface area contributed by atoms with Crippen molar-refractivity contribution in [3.05, 3.63) is 38.9 Å². The van der Waals surface area contributed by atoms with Crippen molar-refractivity contribution in [1.82, 2.24) is 5.32 Å². The molecule has 1 heterocycles. The minimum Gasteiger partial charge on any atom is -0.315 e. The summed E-state index contributed by atoms with van der Waals surface area (Å²) in [5.74, 6) is 0.394. The molecule has 0 spiro atoms. The maximum absolute atomic E-state index is 10.6. The molecule has 0 aromatic heterocycles. The van der Waals surface area contributed by atoms with Gasteiger partial charge >= 0.3 is 0 Å². The van der Waals surface area contributed by atoms with E-state index in [0.717, 1.165) is 18.7 Å². The maximum atomic E-state index is 10.6. The number of halogens is 2. The first-order chi connectivity index (χ1) is 6.68. The van der Waals surface area contributed by atoms with Crippen LogP contribution in [0.3, 0.4) is 0 Å². The molecule has 0 amide bonds. The SMILES string of the molecule is Cl.O=[N+]([O-])c1cc(C2CNC2)ccc1Cl. The Morgan fingerprint density at radius 2 is 2.13 bits per heavy atom. The van der Waals surface area contributed by atoms with Gasteiger partial charge in [-0.2, -0.15) is 0 Å². The molecule has 0 unspecified atom stereocenters. The van der Waals surface area contributed by atoms with E-state index >= 15 is 0 Å². The third-order valence-electron chi connectivity index (χ3n) is 2.42. The minimum atomic E-state index is -0.447. The van der Waals surface area contributed by atoms with Crippen LogP contribution in [0.2, 0.25) is 5.02 Å². The zero-order valence-corrected chi connectivity index (χ0v) is 9.35. The smallest absolute Gasteiger partial charge is 0.288 e. The van der Waals surface area contributed by atoms with E-state index in [1.54, 1.807) is 12.1 Å². The fourth-order valence-electron chi connectivity index (χ4n) is 1.45. The van der Waals surface area contributed by atoms with E-state index in [9.17, 15) is 10.1 Å². The van der Waals surface area contributed by atoms with Crippen molar-refractivity contribution in [3.63, 3.8) is 0 Å². The van der Waals surface area contributed by atoms with E-state index in [1.165, 1.54) is 0 Å². The summed E-state index contributed by atoms with van der Waals surface area (Å²) in [6.45, 7) is 1.78.